The zero-order chi connectivity index (χ0) is 13.2. The van der Waals surface area contributed by atoms with Gasteiger partial charge in [-0.15, -0.1) is 0 Å². The Kier molecular flexibility index (Phi) is 4.95. The third kappa shape index (κ3) is 4.21. The lowest BCUT2D eigenvalue weighted by Crippen LogP contribution is -1.94. The average Bonchev–Trinajstić information content (AvgIpc) is 2.13. The Morgan fingerprint density at radius 3 is 2.29 bits per heavy atom. The van der Waals surface area contributed by atoms with E-state index in [2.05, 4.69) is 0 Å². The molecule has 1 aromatic carbocycles. The summed E-state index contributed by atoms with van der Waals surface area (Å²) in [6.07, 6.45) is 0. The molecule has 0 spiro atoms. The molecule has 1 aromatic rings. The van der Waals surface area contributed by atoms with E-state index in [4.69, 9.17) is 22.3 Å². The zero-order valence-corrected chi connectivity index (χ0v) is 12.8. The van der Waals surface area contributed by atoms with Gasteiger partial charge in [-0.1, -0.05) is 23.4 Å². The van der Waals surface area contributed by atoms with Crippen LogP contribution in [0.5, 0.6) is 0 Å². The molecule has 0 bridgehead atoms. The van der Waals surface area contributed by atoms with Crippen LogP contribution < -0.4 is 0 Å². The van der Waals surface area contributed by atoms with Crippen molar-refractivity contribution in [2.45, 2.75) is 25.7 Å². The molecule has 0 amide bonds. The third-order valence-corrected chi connectivity index (χ3v) is 5.97. The number of rotatable bonds is 3. The van der Waals surface area contributed by atoms with E-state index in [1.165, 1.54) is 0 Å². The van der Waals surface area contributed by atoms with E-state index in [1.807, 2.05) is 6.92 Å². The molecule has 0 saturated carbocycles. The smallest absolute Gasteiger partial charge is 0.206 e. The summed E-state index contributed by atoms with van der Waals surface area (Å²) < 4.78 is 23.0. The van der Waals surface area contributed by atoms with Crippen LogP contribution in [0.15, 0.2) is 32.9 Å². The summed E-state index contributed by atoms with van der Waals surface area (Å²) in [5, 5.41) is 0.624. The monoisotopic (exact) mass is 310 g/mol. The molecule has 1 rings (SSSR count). The number of allylic oxidation sites excluding steroid dienone is 1. The number of aryl methyl sites for hydroxylation is 1. The molecule has 0 unspecified atom stereocenters. The number of hydrogen-bond donors (Lipinski definition) is 0. The lowest BCUT2D eigenvalue weighted by molar-refractivity contribution is 0.616. The lowest BCUT2D eigenvalue weighted by Gasteiger charge is -2.08. The molecule has 94 valence electrons. The maximum Gasteiger partial charge on any atom is 0.267 e. The van der Waals surface area contributed by atoms with Gasteiger partial charge in [-0.2, -0.15) is 0 Å². The summed E-state index contributed by atoms with van der Waals surface area (Å²) in [5.74, 6) is 0. The Hall–Kier alpha value is -0.160. The molecular weight excluding hydrogens is 299 g/mol. The topological polar surface area (TPSA) is 34.1 Å². The van der Waals surface area contributed by atoms with Gasteiger partial charge in [0.1, 0.15) is 4.24 Å². The number of hydrogen-bond acceptors (Lipinski definition) is 3. The van der Waals surface area contributed by atoms with Gasteiger partial charge in [0.05, 0.1) is 0 Å². The van der Waals surface area contributed by atoms with Crippen molar-refractivity contribution in [3.63, 3.8) is 0 Å². The predicted molar refractivity (Wildman–Crippen MR) is 75.2 cm³/mol. The molecule has 0 atom stereocenters. The van der Waals surface area contributed by atoms with Gasteiger partial charge in [-0.05, 0) is 50.1 Å². The van der Waals surface area contributed by atoms with Crippen LogP contribution in [0, 0.1) is 6.92 Å². The van der Waals surface area contributed by atoms with Crippen LogP contribution in [0.4, 0.5) is 0 Å². The van der Waals surface area contributed by atoms with E-state index < -0.39 is 9.05 Å². The molecular formula is C11H12Cl2O2S2. The maximum atomic E-state index is 11.4. The van der Waals surface area contributed by atoms with E-state index in [-0.39, 0.29) is 4.24 Å². The standard InChI is InChI=1S/C11H12Cl2O2S2/c1-7(2)11(17(13,14)15)16-10-5-4-9(12)6-8(10)3/h4-6H,1-3H3. The molecule has 0 saturated heterocycles. The normalized spacial score (nSPS) is 11.4. The van der Waals surface area contributed by atoms with E-state index in [1.54, 1.807) is 32.0 Å². The molecule has 0 radical (unpaired) electrons. The first-order valence-electron chi connectivity index (χ1n) is 4.78. The van der Waals surface area contributed by atoms with Gasteiger partial charge >= 0.3 is 0 Å². The van der Waals surface area contributed by atoms with Crippen LogP contribution in [0.3, 0.4) is 0 Å². The van der Waals surface area contributed by atoms with Gasteiger partial charge < -0.3 is 0 Å². The highest BCUT2D eigenvalue weighted by Crippen LogP contribution is 2.37. The minimum absolute atomic E-state index is 0.171. The minimum Gasteiger partial charge on any atom is -0.206 e. The van der Waals surface area contributed by atoms with Crippen LogP contribution in [0.2, 0.25) is 5.02 Å². The Balaban J connectivity index is 3.18. The Labute approximate surface area is 115 Å². The highest BCUT2D eigenvalue weighted by Gasteiger charge is 2.18. The van der Waals surface area contributed by atoms with Crippen LogP contribution in [-0.2, 0) is 9.05 Å². The van der Waals surface area contributed by atoms with E-state index in [9.17, 15) is 8.42 Å². The minimum atomic E-state index is -3.71. The van der Waals surface area contributed by atoms with Crippen molar-refractivity contribution in [1.82, 2.24) is 0 Å². The van der Waals surface area contributed by atoms with Gasteiger partial charge in [0.2, 0.25) is 0 Å². The quantitative estimate of drug-likeness (QED) is 0.606. The molecule has 0 aliphatic rings. The van der Waals surface area contributed by atoms with Crippen molar-refractivity contribution < 1.29 is 8.42 Å². The van der Waals surface area contributed by atoms with Crippen molar-refractivity contribution in [3.8, 4) is 0 Å². The van der Waals surface area contributed by atoms with Crippen molar-refractivity contribution in [1.29, 1.82) is 0 Å². The fraction of sp³-hybridized carbons (Fsp3) is 0.273. The fourth-order valence-electron chi connectivity index (χ4n) is 1.22. The number of benzene rings is 1. The molecule has 0 aliphatic carbocycles. The molecule has 6 heteroatoms. The van der Waals surface area contributed by atoms with Crippen molar-refractivity contribution >= 4 is 43.1 Å². The van der Waals surface area contributed by atoms with Crippen LogP contribution in [0.25, 0.3) is 0 Å². The predicted octanol–water partition coefficient (Wildman–Crippen LogP) is 4.56. The van der Waals surface area contributed by atoms with E-state index in [0.29, 0.717) is 10.6 Å². The second kappa shape index (κ2) is 5.65. The molecule has 17 heavy (non-hydrogen) atoms. The average molecular weight is 311 g/mol. The molecule has 0 aliphatic heterocycles. The molecule has 0 aromatic heterocycles. The summed E-state index contributed by atoms with van der Waals surface area (Å²) in [4.78, 5) is 0.829. The van der Waals surface area contributed by atoms with Crippen LogP contribution in [-0.4, -0.2) is 8.42 Å². The Bertz CT molecular complexity index is 559. The first kappa shape index (κ1) is 14.9. The molecule has 0 heterocycles. The summed E-state index contributed by atoms with van der Waals surface area (Å²) in [6.45, 7) is 5.30. The first-order chi connectivity index (χ1) is 7.71. The van der Waals surface area contributed by atoms with Gasteiger partial charge in [-0.3, -0.25) is 0 Å². The Morgan fingerprint density at radius 1 is 1.29 bits per heavy atom. The molecule has 2 nitrogen and oxygen atoms in total. The highest BCUT2D eigenvalue weighted by molar-refractivity contribution is 8.29. The van der Waals surface area contributed by atoms with Crippen LogP contribution in [0.1, 0.15) is 19.4 Å². The lowest BCUT2D eigenvalue weighted by atomic mass is 10.2. The van der Waals surface area contributed by atoms with Gasteiger partial charge in [0.25, 0.3) is 9.05 Å². The Morgan fingerprint density at radius 2 is 1.88 bits per heavy atom. The number of halogens is 2. The highest BCUT2D eigenvalue weighted by atomic mass is 35.7. The van der Waals surface area contributed by atoms with Crippen molar-refractivity contribution in [2.24, 2.45) is 0 Å². The third-order valence-electron chi connectivity index (χ3n) is 1.97. The summed E-state index contributed by atoms with van der Waals surface area (Å²) >= 11 is 6.98. The number of thioether (sulfide) groups is 1. The van der Waals surface area contributed by atoms with Crippen LogP contribution >= 0.6 is 34.0 Å². The largest absolute Gasteiger partial charge is 0.267 e. The van der Waals surface area contributed by atoms with E-state index >= 15 is 0 Å². The second-order valence-electron chi connectivity index (χ2n) is 3.74. The van der Waals surface area contributed by atoms with E-state index in [0.717, 1.165) is 22.2 Å². The van der Waals surface area contributed by atoms with Crippen molar-refractivity contribution in [2.75, 3.05) is 0 Å². The van der Waals surface area contributed by atoms with Gasteiger partial charge in [0.15, 0.2) is 0 Å². The molecule has 0 N–H and O–H groups in total. The zero-order valence-electron chi connectivity index (χ0n) is 9.62. The summed E-state index contributed by atoms with van der Waals surface area (Å²) in [5.41, 5.74) is 1.58. The van der Waals surface area contributed by atoms with Crippen molar-refractivity contribution in [3.05, 3.63) is 38.6 Å². The summed E-state index contributed by atoms with van der Waals surface area (Å²) in [7, 11) is 1.69. The van der Waals surface area contributed by atoms with Gasteiger partial charge in [0, 0.05) is 20.6 Å². The fourth-order valence-corrected chi connectivity index (χ4v) is 4.11. The summed E-state index contributed by atoms with van der Waals surface area (Å²) in [6, 6.07) is 5.29. The van der Waals surface area contributed by atoms with Gasteiger partial charge in [-0.25, -0.2) is 8.42 Å². The molecule has 0 fully saturated rings. The first-order valence-corrected chi connectivity index (χ1v) is 8.28. The SMILES string of the molecule is CC(C)=C(Sc1ccc(Cl)cc1C)S(=O)(=O)Cl. The second-order valence-corrected chi connectivity index (χ2v) is 7.99. The maximum absolute atomic E-state index is 11.4.